The maximum absolute atomic E-state index is 11.9. The first-order valence-electron chi connectivity index (χ1n) is 6.42. The van der Waals surface area contributed by atoms with Crippen molar-refractivity contribution in [3.05, 3.63) is 12.7 Å². The number of nitrogens with one attached hydrogen (secondary N) is 1. The maximum Gasteiger partial charge on any atom is 0.249 e. The van der Waals surface area contributed by atoms with E-state index in [1.165, 1.54) is 0 Å². The van der Waals surface area contributed by atoms with E-state index in [2.05, 4.69) is 11.9 Å². The number of carbonyl (C=O) groups excluding carboxylic acids is 1. The molecule has 0 saturated heterocycles. The van der Waals surface area contributed by atoms with Crippen LogP contribution in [0.15, 0.2) is 12.7 Å². The summed E-state index contributed by atoms with van der Waals surface area (Å²) in [6, 6.07) is 0.234. The smallest absolute Gasteiger partial charge is 0.249 e. The first kappa shape index (κ1) is 17.4. The van der Waals surface area contributed by atoms with Crippen molar-refractivity contribution in [2.24, 2.45) is 11.7 Å². The monoisotopic (exact) mass is 276 g/mol. The number of nitrogens with two attached hydrogens (primary N) is 1. The van der Waals surface area contributed by atoms with Crippen LogP contribution in [0, 0.1) is 5.92 Å². The quantitative estimate of drug-likeness (QED) is 0.549. The number of halogens is 1. The van der Waals surface area contributed by atoms with E-state index in [9.17, 15) is 4.79 Å². The van der Waals surface area contributed by atoms with Crippen LogP contribution in [0.1, 0.15) is 32.6 Å². The third-order valence-corrected chi connectivity index (χ3v) is 3.35. The molecule has 3 N–H and O–H groups in total. The van der Waals surface area contributed by atoms with Crippen molar-refractivity contribution in [3.63, 3.8) is 0 Å². The molecule has 1 rings (SSSR count). The van der Waals surface area contributed by atoms with Crippen molar-refractivity contribution in [2.45, 2.75) is 44.8 Å². The highest BCUT2D eigenvalue weighted by Gasteiger charge is 2.28. The van der Waals surface area contributed by atoms with Gasteiger partial charge in [-0.05, 0) is 38.6 Å². The van der Waals surface area contributed by atoms with E-state index >= 15 is 0 Å². The zero-order valence-electron chi connectivity index (χ0n) is 11.1. The molecule has 0 aromatic carbocycles. The minimum atomic E-state index is -0.394. The molecule has 0 heterocycles. The second-order valence-corrected chi connectivity index (χ2v) is 4.63. The van der Waals surface area contributed by atoms with E-state index in [0.29, 0.717) is 19.1 Å². The lowest BCUT2D eigenvalue weighted by molar-refractivity contribution is -0.132. The summed E-state index contributed by atoms with van der Waals surface area (Å²) >= 11 is 0. The summed E-state index contributed by atoms with van der Waals surface area (Å²) in [6.07, 6.45) is 5.46. The third-order valence-electron chi connectivity index (χ3n) is 3.35. The average molecular weight is 277 g/mol. The molecular formula is C13H25ClN2O2. The van der Waals surface area contributed by atoms with Crippen molar-refractivity contribution in [2.75, 3.05) is 13.2 Å². The number of rotatable bonds is 7. The lowest BCUT2D eigenvalue weighted by atomic mass is 10.0. The van der Waals surface area contributed by atoms with Gasteiger partial charge in [0.2, 0.25) is 5.91 Å². The second-order valence-electron chi connectivity index (χ2n) is 4.63. The standard InChI is InChI=1S/C13H24N2O2.ClH/c1-3-4-8-17-10(2)13(16)15-12-7-5-6-11(12)9-14;/h3,10-12H,1,4-9,14H2,2H3,(H,15,16);1H. The topological polar surface area (TPSA) is 64.3 Å². The largest absolute Gasteiger partial charge is 0.368 e. The lowest BCUT2D eigenvalue weighted by Gasteiger charge is -2.21. The molecule has 1 fully saturated rings. The first-order chi connectivity index (χ1) is 8.19. The van der Waals surface area contributed by atoms with Crippen LogP contribution in [0.4, 0.5) is 0 Å². The van der Waals surface area contributed by atoms with Crippen LogP contribution in [0.5, 0.6) is 0 Å². The highest BCUT2D eigenvalue weighted by molar-refractivity contribution is 5.85. The molecular weight excluding hydrogens is 252 g/mol. The number of ether oxygens (including phenoxy) is 1. The van der Waals surface area contributed by atoms with Crippen LogP contribution in [0.3, 0.4) is 0 Å². The highest BCUT2D eigenvalue weighted by atomic mass is 35.5. The first-order valence-corrected chi connectivity index (χ1v) is 6.42. The van der Waals surface area contributed by atoms with Crippen LogP contribution in [0.25, 0.3) is 0 Å². The number of hydrogen-bond donors (Lipinski definition) is 2. The molecule has 3 atom stereocenters. The fourth-order valence-corrected chi connectivity index (χ4v) is 2.21. The van der Waals surface area contributed by atoms with Crippen molar-refractivity contribution in [1.29, 1.82) is 0 Å². The van der Waals surface area contributed by atoms with Gasteiger partial charge in [0.25, 0.3) is 0 Å². The van der Waals surface area contributed by atoms with Crippen molar-refractivity contribution in [3.8, 4) is 0 Å². The fourth-order valence-electron chi connectivity index (χ4n) is 2.21. The van der Waals surface area contributed by atoms with E-state index in [1.54, 1.807) is 13.0 Å². The van der Waals surface area contributed by atoms with E-state index in [4.69, 9.17) is 10.5 Å². The summed E-state index contributed by atoms with van der Waals surface area (Å²) in [5.74, 6) is 0.402. The highest BCUT2D eigenvalue weighted by Crippen LogP contribution is 2.24. The van der Waals surface area contributed by atoms with Crippen LogP contribution in [-0.4, -0.2) is 31.2 Å². The molecule has 0 aromatic rings. The van der Waals surface area contributed by atoms with Gasteiger partial charge in [0.1, 0.15) is 6.10 Å². The zero-order chi connectivity index (χ0) is 12.7. The maximum atomic E-state index is 11.9. The summed E-state index contributed by atoms with van der Waals surface area (Å²) in [4.78, 5) is 11.9. The van der Waals surface area contributed by atoms with Crippen LogP contribution in [-0.2, 0) is 9.53 Å². The van der Waals surface area contributed by atoms with Gasteiger partial charge in [-0.3, -0.25) is 4.79 Å². The summed E-state index contributed by atoms with van der Waals surface area (Å²) < 4.78 is 5.41. The molecule has 3 unspecified atom stereocenters. The second kappa shape index (κ2) is 9.36. The Hall–Kier alpha value is -0.580. The predicted octanol–water partition coefficient (Wildman–Crippen LogP) is 1.63. The Kier molecular flexibility index (Phi) is 9.06. The van der Waals surface area contributed by atoms with Gasteiger partial charge in [-0.1, -0.05) is 12.5 Å². The third kappa shape index (κ3) is 5.38. The number of amides is 1. The Balaban J connectivity index is 0.00000289. The predicted molar refractivity (Wildman–Crippen MR) is 75.8 cm³/mol. The van der Waals surface area contributed by atoms with Crippen LogP contribution in [0.2, 0.25) is 0 Å². The molecule has 0 aromatic heterocycles. The van der Waals surface area contributed by atoms with Gasteiger partial charge in [0.15, 0.2) is 0 Å². The minimum absolute atomic E-state index is 0. The van der Waals surface area contributed by atoms with E-state index in [1.807, 2.05) is 0 Å². The summed E-state index contributed by atoms with van der Waals surface area (Å²) in [7, 11) is 0. The lowest BCUT2D eigenvalue weighted by Crippen LogP contribution is -2.44. The Bertz CT molecular complexity index is 261. The Morgan fingerprint density at radius 2 is 2.33 bits per heavy atom. The Morgan fingerprint density at radius 1 is 1.61 bits per heavy atom. The molecule has 1 aliphatic carbocycles. The molecule has 1 saturated carbocycles. The molecule has 18 heavy (non-hydrogen) atoms. The molecule has 0 bridgehead atoms. The van der Waals surface area contributed by atoms with Gasteiger partial charge in [-0.25, -0.2) is 0 Å². The molecule has 106 valence electrons. The molecule has 0 radical (unpaired) electrons. The van der Waals surface area contributed by atoms with Gasteiger partial charge in [0.05, 0.1) is 6.61 Å². The van der Waals surface area contributed by atoms with Crippen LogP contribution < -0.4 is 11.1 Å². The van der Waals surface area contributed by atoms with Crippen molar-refractivity contribution >= 4 is 18.3 Å². The number of carbonyl (C=O) groups is 1. The molecule has 1 aliphatic rings. The Morgan fingerprint density at radius 3 is 2.94 bits per heavy atom. The molecule has 4 nitrogen and oxygen atoms in total. The molecule has 0 aliphatic heterocycles. The van der Waals surface area contributed by atoms with Crippen molar-refractivity contribution < 1.29 is 9.53 Å². The summed E-state index contributed by atoms with van der Waals surface area (Å²) in [5.41, 5.74) is 5.68. The van der Waals surface area contributed by atoms with Gasteiger partial charge in [-0.15, -0.1) is 19.0 Å². The SMILES string of the molecule is C=CCCOC(C)C(=O)NC1CCCC1CN.Cl. The van der Waals surface area contributed by atoms with Crippen LogP contribution >= 0.6 is 12.4 Å². The van der Waals surface area contributed by atoms with E-state index in [-0.39, 0.29) is 24.4 Å². The fraction of sp³-hybridized carbons (Fsp3) is 0.769. The van der Waals surface area contributed by atoms with E-state index < -0.39 is 6.10 Å². The zero-order valence-corrected chi connectivity index (χ0v) is 11.9. The van der Waals surface area contributed by atoms with Gasteiger partial charge in [0, 0.05) is 6.04 Å². The van der Waals surface area contributed by atoms with Crippen molar-refractivity contribution in [1.82, 2.24) is 5.32 Å². The Labute approximate surface area is 116 Å². The molecule has 5 heteroatoms. The van der Waals surface area contributed by atoms with Gasteiger partial charge >= 0.3 is 0 Å². The average Bonchev–Trinajstić information content (AvgIpc) is 2.76. The molecule has 0 spiro atoms. The number of hydrogen-bond acceptors (Lipinski definition) is 3. The van der Waals surface area contributed by atoms with Gasteiger partial charge < -0.3 is 15.8 Å². The minimum Gasteiger partial charge on any atom is -0.368 e. The summed E-state index contributed by atoms with van der Waals surface area (Å²) in [5, 5.41) is 3.04. The molecule has 1 amide bonds. The summed E-state index contributed by atoms with van der Waals surface area (Å²) in [6.45, 7) is 6.59. The van der Waals surface area contributed by atoms with E-state index in [0.717, 1.165) is 25.7 Å². The van der Waals surface area contributed by atoms with Gasteiger partial charge in [-0.2, -0.15) is 0 Å². The normalized spacial score (nSPS) is 24.1.